The van der Waals surface area contributed by atoms with Gasteiger partial charge in [0.25, 0.3) is 0 Å². The molecule has 1 aromatic heterocycles. The van der Waals surface area contributed by atoms with E-state index in [9.17, 15) is 13.2 Å². The molecule has 0 saturated heterocycles. The van der Waals surface area contributed by atoms with Gasteiger partial charge < -0.3 is 5.73 Å². The van der Waals surface area contributed by atoms with Gasteiger partial charge in [-0.05, 0) is 5.38 Å². The minimum absolute atomic E-state index is 0.00479. The summed E-state index contributed by atoms with van der Waals surface area (Å²) in [5.41, 5.74) is 4.77. The molecular weight excluding hydrogens is 201 g/mol. The predicted octanol–water partition coefficient (Wildman–Crippen LogP) is 2.18. The van der Waals surface area contributed by atoms with Crippen molar-refractivity contribution in [1.82, 2.24) is 0 Å². The quantitative estimate of drug-likeness (QED) is 0.765. The Morgan fingerprint density at radius 2 is 2.08 bits per heavy atom. The van der Waals surface area contributed by atoms with Crippen molar-refractivity contribution in [3.8, 4) is 6.07 Å². The van der Waals surface area contributed by atoms with Crippen LogP contribution in [0.3, 0.4) is 0 Å². The standard InChI is InChI=1S/C7H5F3N2S/c8-7(9,10)6(12)5-3-13-2-4(5)1-11/h2-3,6H,12H2/t6-/m0/s1. The minimum atomic E-state index is -4.49. The van der Waals surface area contributed by atoms with E-state index in [0.717, 1.165) is 11.3 Å². The fourth-order valence-electron chi connectivity index (χ4n) is 0.815. The van der Waals surface area contributed by atoms with Crippen LogP contribution < -0.4 is 5.73 Å². The summed E-state index contributed by atoms with van der Waals surface area (Å²) in [7, 11) is 0. The van der Waals surface area contributed by atoms with Crippen molar-refractivity contribution in [1.29, 1.82) is 5.26 Å². The van der Waals surface area contributed by atoms with Crippen LogP contribution in [0, 0.1) is 11.3 Å². The van der Waals surface area contributed by atoms with Gasteiger partial charge in [0, 0.05) is 10.9 Å². The van der Waals surface area contributed by atoms with E-state index in [4.69, 9.17) is 11.0 Å². The molecule has 0 amide bonds. The van der Waals surface area contributed by atoms with Gasteiger partial charge in [-0.25, -0.2) is 0 Å². The SMILES string of the molecule is N#Cc1cscc1[C@H](N)C(F)(F)F. The molecule has 0 saturated carbocycles. The second kappa shape index (κ2) is 3.36. The molecule has 0 radical (unpaired) electrons. The lowest BCUT2D eigenvalue weighted by Gasteiger charge is -2.14. The van der Waals surface area contributed by atoms with Gasteiger partial charge in [-0.15, -0.1) is 0 Å². The number of halogens is 3. The Kier molecular flexibility index (Phi) is 2.59. The molecule has 70 valence electrons. The topological polar surface area (TPSA) is 49.8 Å². The Hall–Kier alpha value is -1.06. The number of thiophene rings is 1. The lowest BCUT2D eigenvalue weighted by molar-refractivity contribution is -0.149. The van der Waals surface area contributed by atoms with Gasteiger partial charge in [0.05, 0.1) is 5.56 Å². The normalized spacial score (nSPS) is 13.8. The first-order valence-corrected chi connectivity index (χ1v) is 4.19. The van der Waals surface area contributed by atoms with Crippen LogP contribution in [0.15, 0.2) is 10.8 Å². The number of rotatable bonds is 1. The molecule has 0 aliphatic carbocycles. The van der Waals surface area contributed by atoms with E-state index in [2.05, 4.69) is 0 Å². The van der Waals surface area contributed by atoms with Crippen LogP contribution in [0.5, 0.6) is 0 Å². The van der Waals surface area contributed by atoms with Crippen LogP contribution in [0.2, 0.25) is 0 Å². The van der Waals surface area contributed by atoms with Crippen LogP contribution in [-0.4, -0.2) is 6.18 Å². The zero-order valence-electron chi connectivity index (χ0n) is 6.30. The van der Waals surface area contributed by atoms with Gasteiger partial charge in [-0.2, -0.15) is 29.8 Å². The molecule has 0 fully saturated rings. The first-order valence-electron chi connectivity index (χ1n) is 3.25. The third-order valence-electron chi connectivity index (χ3n) is 1.50. The molecule has 0 spiro atoms. The monoisotopic (exact) mass is 206 g/mol. The van der Waals surface area contributed by atoms with Gasteiger partial charge in [-0.1, -0.05) is 0 Å². The van der Waals surface area contributed by atoms with E-state index in [0.29, 0.717) is 0 Å². The number of hydrogen-bond acceptors (Lipinski definition) is 3. The van der Waals surface area contributed by atoms with Gasteiger partial charge >= 0.3 is 6.18 Å². The molecule has 0 aliphatic rings. The molecule has 0 bridgehead atoms. The molecule has 0 aliphatic heterocycles. The van der Waals surface area contributed by atoms with Crippen LogP contribution in [0.25, 0.3) is 0 Å². The van der Waals surface area contributed by atoms with Crippen molar-refractivity contribution in [2.45, 2.75) is 12.2 Å². The first-order chi connectivity index (χ1) is 5.96. The van der Waals surface area contributed by atoms with Crippen LogP contribution in [-0.2, 0) is 0 Å². The van der Waals surface area contributed by atoms with Crippen molar-refractivity contribution in [2.75, 3.05) is 0 Å². The predicted molar refractivity (Wildman–Crippen MR) is 42.0 cm³/mol. The van der Waals surface area contributed by atoms with Crippen molar-refractivity contribution in [3.05, 3.63) is 21.9 Å². The summed E-state index contributed by atoms with van der Waals surface area (Å²) in [6.07, 6.45) is -4.49. The summed E-state index contributed by atoms with van der Waals surface area (Å²) in [4.78, 5) is 0. The van der Waals surface area contributed by atoms with E-state index in [1.54, 1.807) is 6.07 Å². The van der Waals surface area contributed by atoms with Gasteiger partial charge in [0.2, 0.25) is 0 Å². The summed E-state index contributed by atoms with van der Waals surface area (Å²) in [6.45, 7) is 0. The number of nitriles is 1. The fourth-order valence-corrected chi connectivity index (χ4v) is 1.63. The maximum Gasteiger partial charge on any atom is 0.407 e. The van der Waals surface area contributed by atoms with Crippen LogP contribution in [0.4, 0.5) is 13.2 Å². The zero-order chi connectivity index (χ0) is 10.1. The number of nitrogens with two attached hydrogens (primary N) is 1. The molecular formula is C7H5F3N2S. The summed E-state index contributed by atoms with van der Waals surface area (Å²) >= 11 is 1.03. The summed E-state index contributed by atoms with van der Waals surface area (Å²) in [6, 6.07) is -0.403. The van der Waals surface area contributed by atoms with Crippen molar-refractivity contribution < 1.29 is 13.2 Å². The third-order valence-corrected chi connectivity index (χ3v) is 2.26. The maximum absolute atomic E-state index is 12.1. The van der Waals surface area contributed by atoms with E-state index < -0.39 is 12.2 Å². The Balaban J connectivity index is 3.03. The molecule has 2 N–H and O–H groups in total. The van der Waals surface area contributed by atoms with Crippen LogP contribution >= 0.6 is 11.3 Å². The summed E-state index contributed by atoms with van der Waals surface area (Å²) < 4.78 is 36.3. The highest BCUT2D eigenvalue weighted by molar-refractivity contribution is 7.08. The minimum Gasteiger partial charge on any atom is -0.316 e. The molecule has 2 nitrogen and oxygen atoms in total. The average molecular weight is 206 g/mol. The largest absolute Gasteiger partial charge is 0.407 e. The Morgan fingerprint density at radius 3 is 2.54 bits per heavy atom. The van der Waals surface area contributed by atoms with Gasteiger partial charge in [0.15, 0.2) is 0 Å². The molecule has 0 unspecified atom stereocenters. The molecule has 6 heteroatoms. The van der Waals surface area contributed by atoms with Gasteiger partial charge in [-0.3, -0.25) is 0 Å². The maximum atomic E-state index is 12.1. The highest BCUT2D eigenvalue weighted by atomic mass is 32.1. The second-order valence-corrected chi connectivity index (χ2v) is 3.12. The highest BCUT2D eigenvalue weighted by Gasteiger charge is 2.39. The number of nitrogens with zero attached hydrogens (tertiary/aromatic N) is 1. The Labute approximate surface area is 76.4 Å². The van der Waals surface area contributed by atoms with Gasteiger partial charge in [0.1, 0.15) is 12.1 Å². The highest BCUT2D eigenvalue weighted by Crippen LogP contribution is 2.33. The van der Waals surface area contributed by atoms with E-state index in [1.165, 1.54) is 10.8 Å². The van der Waals surface area contributed by atoms with Crippen molar-refractivity contribution in [2.24, 2.45) is 5.73 Å². The Bertz CT molecular complexity index is 336. The number of hydrogen-bond donors (Lipinski definition) is 1. The Morgan fingerprint density at radius 1 is 1.46 bits per heavy atom. The zero-order valence-corrected chi connectivity index (χ0v) is 7.12. The lowest BCUT2D eigenvalue weighted by Crippen LogP contribution is -2.28. The van der Waals surface area contributed by atoms with E-state index in [-0.39, 0.29) is 11.1 Å². The van der Waals surface area contributed by atoms with Crippen LogP contribution in [0.1, 0.15) is 17.2 Å². The lowest BCUT2D eigenvalue weighted by atomic mass is 10.1. The summed E-state index contributed by atoms with van der Waals surface area (Å²) in [5.74, 6) is 0. The summed E-state index contributed by atoms with van der Waals surface area (Å²) in [5, 5.41) is 11.1. The first kappa shape index (κ1) is 10.0. The molecule has 0 aromatic carbocycles. The molecule has 1 aromatic rings. The second-order valence-electron chi connectivity index (χ2n) is 2.37. The molecule has 13 heavy (non-hydrogen) atoms. The van der Waals surface area contributed by atoms with E-state index >= 15 is 0 Å². The molecule has 1 heterocycles. The smallest absolute Gasteiger partial charge is 0.316 e. The van der Waals surface area contributed by atoms with Crippen molar-refractivity contribution >= 4 is 11.3 Å². The fraction of sp³-hybridized carbons (Fsp3) is 0.286. The van der Waals surface area contributed by atoms with Crippen molar-refractivity contribution in [3.63, 3.8) is 0 Å². The average Bonchev–Trinajstić information content (AvgIpc) is 2.48. The molecule has 1 rings (SSSR count). The molecule has 1 atom stereocenters. The number of alkyl halides is 3. The van der Waals surface area contributed by atoms with E-state index in [1.807, 2.05) is 0 Å². The third kappa shape index (κ3) is 1.99.